The molecule has 97 valence electrons. The Labute approximate surface area is 108 Å². The van der Waals surface area contributed by atoms with Gasteiger partial charge in [-0.2, -0.15) is 0 Å². The van der Waals surface area contributed by atoms with Gasteiger partial charge in [0.25, 0.3) is 0 Å². The monoisotopic (exact) mass is 269 g/mol. The van der Waals surface area contributed by atoms with E-state index in [4.69, 9.17) is 8.85 Å². The van der Waals surface area contributed by atoms with Gasteiger partial charge in [0.1, 0.15) is 0 Å². The quantitative estimate of drug-likeness (QED) is 0.728. The number of hydrogen-bond donors (Lipinski definition) is 0. The molecule has 0 aromatic rings. The zero-order valence-electron chi connectivity index (χ0n) is 11.3. The Hall–Kier alpha value is 0.0938. The molecule has 2 rings (SSSR count). The topological polar surface area (TPSA) is 18.5 Å². The SMILES string of the molecule is C=C(C[Si]1CCCCO1)[Si]1(C)CCCC(C)O1. The molecular weight excluding hydrogens is 244 g/mol. The molecule has 2 saturated heterocycles. The van der Waals surface area contributed by atoms with Gasteiger partial charge in [-0.15, -0.1) is 6.58 Å². The summed E-state index contributed by atoms with van der Waals surface area (Å²) in [4.78, 5) is 0. The van der Waals surface area contributed by atoms with E-state index in [1.165, 1.54) is 43.0 Å². The van der Waals surface area contributed by atoms with Crippen molar-refractivity contribution in [3.05, 3.63) is 11.8 Å². The minimum absolute atomic E-state index is 0.446. The Morgan fingerprint density at radius 1 is 1.41 bits per heavy atom. The molecule has 1 radical (unpaired) electrons. The van der Waals surface area contributed by atoms with Crippen LogP contribution in [0.3, 0.4) is 0 Å². The third-order valence-electron chi connectivity index (χ3n) is 4.04. The molecule has 0 aliphatic carbocycles. The molecule has 4 heteroatoms. The minimum atomic E-state index is -1.64. The van der Waals surface area contributed by atoms with Crippen molar-refractivity contribution in [3.63, 3.8) is 0 Å². The second kappa shape index (κ2) is 5.82. The average molecular weight is 270 g/mol. The van der Waals surface area contributed by atoms with E-state index in [9.17, 15) is 0 Å². The number of allylic oxidation sites excluding steroid dienone is 1. The van der Waals surface area contributed by atoms with Crippen LogP contribution >= 0.6 is 0 Å². The van der Waals surface area contributed by atoms with Crippen molar-refractivity contribution in [2.75, 3.05) is 6.61 Å². The Bertz CT molecular complexity index is 277. The van der Waals surface area contributed by atoms with Crippen molar-refractivity contribution in [1.82, 2.24) is 0 Å². The zero-order valence-corrected chi connectivity index (χ0v) is 13.3. The Morgan fingerprint density at radius 2 is 2.24 bits per heavy atom. The first-order valence-electron chi connectivity index (χ1n) is 6.94. The second-order valence-electron chi connectivity index (χ2n) is 5.68. The van der Waals surface area contributed by atoms with Crippen molar-refractivity contribution in [1.29, 1.82) is 0 Å². The van der Waals surface area contributed by atoms with E-state index < -0.39 is 17.4 Å². The maximum absolute atomic E-state index is 6.28. The van der Waals surface area contributed by atoms with Crippen LogP contribution in [-0.4, -0.2) is 30.1 Å². The molecule has 0 aromatic carbocycles. The highest BCUT2D eigenvalue weighted by molar-refractivity contribution is 6.81. The van der Waals surface area contributed by atoms with Gasteiger partial charge < -0.3 is 8.85 Å². The highest BCUT2D eigenvalue weighted by Gasteiger charge is 2.38. The van der Waals surface area contributed by atoms with E-state index in [0.717, 1.165) is 12.7 Å². The summed E-state index contributed by atoms with van der Waals surface area (Å²) < 4.78 is 12.2. The van der Waals surface area contributed by atoms with Gasteiger partial charge in [-0.25, -0.2) is 0 Å². The van der Waals surface area contributed by atoms with Crippen LogP contribution in [-0.2, 0) is 8.85 Å². The lowest BCUT2D eigenvalue weighted by Crippen LogP contribution is -2.44. The summed E-state index contributed by atoms with van der Waals surface area (Å²) in [6.45, 7) is 9.91. The Kier molecular flexibility index (Phi) is 4.63. The molecule has 2 atom stereocenters. The van der Waals surface area contributed by atoms with Crippen molar-refractivity contribution >= 4 is 17.4 Å². The number of hydrogen-bond acceptors (Lipinski definition) is 2. The summed E-state index contributed by atoms with van der Waals surface area (Å²) in [5.41, 5.74) is 0. The van der Waals surface area contributed by atoms with Crippen LogP contribution < -0.4 is 0 Å². The molecule has 2 aliphatic heterocycles. The van der Waals surface area contributed by atoms with Crippen molar-refractivity contribution in [2.45, 2.75) is 63.4 Å². The van der Waals surface area contributed by atoms with E-state index in [0.29, 0.717) is 6.10 Å². The molecule has 2 aliphatic rings. The molecule has 0 amide bonds. The summed E-state index contributed by atoms with van der Waals surface area (Å²) in [7, 11) is -2.23. The zero-order chi connectivity index (χ0) is 12.3. The standard InChI is InChI=1S/C13H25O2Si2/c1-12-7-6-10-17(3,15-12)13(2)11-16-9-5-4-8-14-16/h12H,2,4-11H2,1,3H3. The van der Waals surface area contributed by atoms with Crippen LogP contribution in [0.25, 0.3) is 0 Å². The van der Waals surface area contributed by atoms with E-state index in [1.54, 1.807) is 0 Å². The van der Waals surface area contributed by atoms with Gasteiger partial charge in [0.05, 0.1) is 0 Å². The molecule has 0 aromatic heterocycles. The first-order chi connectivity index (χ1) is 8.10. The van der Waals surface area contributed by atoms with E-state index in [1.807, 2.05) is 0 Å². The molecule has 0 N–H and O–H groups in total. The summed E-state index contributed by atoms with van der Waals surface area (Å²) in [6, 6.07) is 3.72. The number of rotatable bonds is 3. The molecule has 0 bridgehead atoms. The Morgan fingerprint density at radius 3 is 2.88 bits per heavy atom. The largest absolute Gasteiger partial charge is 0.416 e. The maximum Gasteiger partial charge on any atom is 0.216 e. The lowest BCUT2D eigenvalue weighted by molar-refractivity contribution is 0.180. The fourth-order valence-corrected chi connectivity index (χ4v) is 9.41. The molecule has 17 heavy (non-hydrogen) atoms. The van der Waals surface area contributed by atoms with Gasteiger partial charge in [-0.1, -0.05) is 18.0 Å². The smallest absolute Gasteiger partial charge is 0.216 e. The third-order valence-corrected chi connectivity index (χ3v) is 10.6. The minimum Gasteiger partial charge on any atom is -0.416 e. The third kappa shape index (κ3) is 3.53. The molecule has 2 fully saturated rings. The fraction of sp³-hybridized carbons (Fsp3) is 0.846. The van der Waals surface area contributed by atoms with Gasteiger partial charge in [0.15, 0.2) is 0 Å². The summed E-state index contributed by atoms with van der Waals surface area (Å²) in [5, 5.41) is 1.42. The van der Waals surface area contributed by atoms with Crippen LogP contribution in [0.2, 0.25) is 24.7 Å². The molecule has 0 spiro atoms. The van der Waals surface area contributed by atoms with Crippen LogP contribution in [0.15, 0.2) is 11.8 Å². The predicted octanol–water partition coefficient (Wildman–Crippen LogP) is 3.66. The Balaban J connectivity index is 1.89. The summed E-state index contributed by atoms with van der Waals surface area (Å²) in [5.74, 6) is 0. The van der Waals surface area contributed by atoms with Crippen LogP contribution in [0.5, 0.6) is 0 Å². The van der Waals surface area contributed by atoms with Crippen molar-refractivity contribution in [3.8, 4) is 0 Å². The van der Waals surface area contributed by atoms with Gasteiger partial charge in [0.2, 0.25) is 17.4 Å². The van der Waals surface area contributed by atoms with E-state index >= 15 is 0 Å². The summed E-state index contributed by atoms with van der Waals surface area (Å²) in [6.07, 6.45) is 5.61. The second-order valence-corrected chi connectivity index (χ2v) is 11.8. The van der Waals surface area contributed by atoms with E-state index in [2.05, 4.69) is 20.0 Å². The first-order valence-corrected chi connectivity index (χ1v) is 11.4. The van der Waals surface area contributed by atoms with Crippen molar-refractivity contribution < 1.29 is 8.85 Å². The van der Waals surface area contributed by atoms with Crippen LogP contribution in [0, 0.1) is 0 Å². The molecule has 2 heterocycles. The fourth-order valence-electron chi connectivity index (χ4n) is 2.83. The van der Waals surface area contributed by atoms with Gasteiger partial charge in [0, 0.05) is 12.7 Å². The lowest BCUT2D eigenvalue weighted by Gasteiger charge is -2.38. The lowest BCUT2D eigenvalue weighted by atomic mass is 10.2. The van der Waals surface area contributed by atoms with Crippen LogP contribution in [0.4, 0.5) is 0 Å². The van der Waals surface area contributed by atoms with Gasteiger partial charge >= 0.3 is 0 Å². The average Bonchev–Trinajstić information content (AvgIpc) is 2.30. The van der Waals surface area contributed by atoms with E-state index in [-0.39, 0.29) is 0 Å². The van der Waals surface area contributed by atoms with Gasteiger partial charge in [-0.3, -0.25) is 0 Å². The molecular formula is C13H25O2Si2. The van der Waals surface area contributed by atoms with Crippen LogP contribution in [0.1, 0.15) is 32.6 Å². The maximum atomic E-state index is 6.28. The summed E-state index contributed by atoms with van der Waals surface area (Å²) >= 11 is 0. The van der Waals surface area contributed by atoms with Gasteiger partial charge in [-0.05, 0) is 44.4 Å². The van der Waals surface area contributed by atoms with Crippen molar-refractivity contribution in [2.24, 2.45) is 0 Å². The molecule has 2 nitrogen and oxygen atoms in total. The first kappa shape index (κ1) is 13.5. The predicted molar refractivity (Wildman–Crippen MR) is 75.9 cm³/mol. The molecule has 0 saturated carbocycles. The normalized spacial score (nSPS) is 35.8. The molecule has 2 unspecified atom stereocenters. The highest BCUT2D eigenvalue weighted by atomic mass is 28.4. The highest BCUT2D eigenvalue weighted by Crippen LogP contribution is 2.34.